The van der Waals surface area contributed by atoms with Crippen LogP contribution in [-0.4, -0.2) is 34.3 Å². The quantitative estimate of drug-likeness (QED) is 0.539. The maximum absolute atomic E-state index is 13.3. The minimum atomic E-state index is -4.49. The van der Waals surface area contributed by atoms with E-state index in [0.717, 1.165) is 11.6 Å². The van der Waals surface area contributed by atoms with Crippen LogP contribution < -0.4 is 24.8 Å². The molecule has 0 saturated carbocycles. The van der Waals surface area contributed by atoms with E-state index in [9.17, 15) is 13.2 Å². The lowest BCUT2D eigenvalue weighted by Gasteiger charge is -2.17. The molecule has 9 heteroatoms. The highest BCUT2D eigenvalue weighted by Crippen LogP contribution is 2.34. The molecule has 0 heterocycles. The Balaban J connectivity index is 2.07. The van der Waals surface area contributed by atoms with Crippen molar-refractivity contribution in [3.8, 4) is 17.2 Å². The van der Waals surface area contributed by atoms with E-state index < -0.39 is 11.7 Å². The Labute approximate surface area is 167 Å². The third-order valence-electron chi connectivity index (χ3n) is 4.23. The van der Waals surface area contributed by atoms with Gasteiger partial charge in [-0.05, 0) is 29.8 Å². The zero-order valence-electron chi connectivity index (χ0n) is 16.7. The van der Waals surface area contributed by atoms with Gasteiger partial charge >= 0.3 is 6.18 Å². The fourth-order valence-electron chi connectivity index (χ4n) is 2.68. The number of alkyl halides is 3. The molecule has 0 aliphatic rings. The average molecular weight is 411 g/mol. The molecule has 0 unspecified atom stereocenters. The van der Waals surface area contributed by atoms with Gasteiger partial charge in [-0.25, -0.2) is 0 Å². The lowest BCUT2D eigenvalue weighted by Crippen LogP contribution is -2.36. The van der Waals surface area contributed by atoms with Gasteiger partial charge in [0.15, 0.2) is 5.96 Å². The first-order valence-corrected chi connectivity index (χ1v) is 8.72. The fourth-order valence-corrected chi connectivity index (χ4v) is 2.68. The molecule has 0 amide bonds. The van der Waals surface area contributed by atoms with E-state index in [1.165, 1.54) is 19.2 Å². The molecule has 2 rings (SSSR count). The van der Waals surface area contributed by atoms with Gasteiger partial charge < -0.3 is 24.8 Å². The molecule has 0 aromatic heterocycles. The van der Waals surface area contributed by atoms with Gasteiger partial charge in [-0.2, -0.15) is 13.2 Å². The Kier molecular flexibility index (Phi) is 7.58. The minimum absolute atomic E-state index is 0.0573. The van der Waals surface area contributed by atoms with Crippen LogP contribution in [0.2, 0.25) is 0 Å². The first-order chi connectivity index (χ1) is 13.8. The normalized spacial score (nSPS) is 11.8. The Morgan fingerprint density at radius 1 is 0.862 bits per heavy atom. The largest absolute Gasteiger partial charge is 0.497 e. The molecule has 6 nitrogen and oxygen atoms in total. The van der Waals surface area contributed by atoms with Crippen molar-refractivity contribution in [2.45, 2.75) is 19.3 Å². The van der Waals surface area contributed by atoms with Crippen LogP contribution in [0.25, 0.3) is 0 Å². The summed E-state index contributed by atoms with van der Waals surface area (Å²) < 4.78 is 55.4. The van der Waals surface area contributed by atoms with E-state index in [1.54, 1.807) is 33.4 Å². The van der Waals surface area contributed by atoms with Crippen molar-refractivity contribution in [3.63, 3.8) is 0 Å². The third kappa shape index (κ3) is 5.94. The Hall–Kier alpha value is -3.10. The highest BCUT2D eigenvalue weighted by atomic mass is 19.4. The van der Waals surface area contributed by atoms with Crippen molar-refractivity contribution in [2.75, 3.05) is 28.4 Å². The van der Waals surface area contributed by atoms with Gasteiger partial charge in [0, 0.05) is 31.8 Å². The number of nitrogens with one attached hydrogen (secondary N) is 2. The number of halogens is 3. The number of ether oxygens (including phenoxy) is 3. The molecule has 2 aromatic carbocycles. The van der Waals surface area contributed by atoms with Crippen LogP contribution in [-0.2, 0) is 19.3 Å². The van der Waals surface area contributed by atoms with Crippen molar-refractivity contribution in [1.82, 2.24) is 10.6 Å². The highest BCUT2D eigenvalue weighted by Gasteiger charge is 2.33. The summed E-state index contributed by atoms with van der Waals surface area (Å²) in [6.45, 7) is 0.305. The number of methoxy groups -OCH3 is 3. The lowest BCUT2D eigenvalue weighted by molar-refractivity contribution is -0.138. The molecule has 29 heavy (non-hydrogen) atoms. The average Bonchev–Trinajstić information content (AvgIpc) is 2.73. The molecule has 0 aliphatic carbocycles. The smallest absolute Gasteiger partial charge is 0.416 e. The van der Waals surface area contributed by atoms with Crippen molar-refractivity contribution < 1.29 is 27.4 Å². The van der Waals surface area contributed by atoms with Gasteiger partial charge in [-0.3, -0.25) is 4.99 Å². The summed E-state index contributed by atoms with van der Waals surface area (Å²) in [6.07, 6.45) is -4.49. The van der Waals surface area contributed by atoms with Crippen LogP contribution in [0.15, 0.2) is 41.4 Å². The summed E-state index contributed by atoms with van der Waals surface area (Å²) in [5.41, 5.74) is 0.177. The molecular weight excluding hydrogens is 387 g/mol. The predicted molar refractivity (Wildman–Crippen MR) is 105 cm³/mol. The van der Waals surface area contributed by atoms with Crippen molar-refractivity contribution in [2.24, 2.45) is 4.99 Å². The number of rotatable bonds is 7. The van der Waals surface area contributed by atoms with E-state index >= 15 is 0 Å². The second-order valence-electron chi connectivity index (χ2n) is 5.98. The summed E-state index contributed by atoms with van der Waals surface area (Å²) in [5.74, 6) is 1.79. The fraction of sp³-hybridized carbons (Fsp3) is 0.350. The van der Waals surface area contributed by atoms with Gasteiger partial charge in [0.2, 0.25) is 0 Å². The van der Waals surface area contributed by atoms with Crippen molar-refractivity contribution in [1.29, 1.82) is 0 Å². The van der Waals surface area contributed by atoms with Crippen LogP contribution >= 0.6 is 0 Å². The van der Waals surface area contributed by atoms with Gasteiger partial charge in [-0.1, -0.05) is 6.07 Å². The molecule has 0 saturated heterocycles. The molecule has 0 bridgehead atoms. The monoisotopic (exact) mass is 411 g/mol. The van der Waals surface area contributed by atoms with Gasteiger partial charge in [0.05, 0.1) is 26.9 Å². The zero-order valence-corrected chi connectivity index (χ0v) is 16.7. The summed E-state index contributed by atoms with van der Waals surface area (Å²) in [6, 6.07) is 9.24. The molecule has 0 aliphatic heterocycles. The van der Waals surface area contributed by atoms with Gasteiger partial charge in [0.25, 0.3) is 0 Å². The SMILES string of the molecule is CN=C(NCc1ccc(OC)cc1OC)NCc1ccc(OC)cc1C(F)(F)F. The molecule has 0 spiro atoms. The number of benzene rings is 2. The molecular formula is C20H24F3N3O3. The van der Waals surface area contributed by atoms with Gasteiger partial charge in [0.1, 0.15) is 17.2 Å². The number of guanidine groups is 1. The van der Waals surface area contributed by atoms with Crippen molar-refractivity contribution >= 4 is 5.96 Å². The Morgan fingerprint density at radius 2 is 1.41 bits per heavy atom. The van der Waals surface area contributed by atoms with Crippen LogP contribution in [0.5, 0.6) is 17.2 Å². The summed E-state index contributed by atoms with van der Waals surface area (Å²) in [5, 5.41) is 5.96. The lowest BCUT2D eigenvalue weighted by atomic mass is 10.1. The van der Waals surface area contributed by atoms with Gasteiger partial charge in [-0.15, -0.1) is 0 Å². The third-order valence-corrected chi connectivity index (χ3v) is 4.23. The molecule has 0 fully saturated rings. The predicted octanol–water partition coefficient (Wildman–Crippen LogP) is 3.60. The second kappa shape index (κ2) is 9.90. The molecule has 158 valence electrons. The number of nitrogens with zero attached hydrogens (tertiary/aromatic N) is 1. The molecule has 2 aromatic rings. The van der Waals surface area contributed by atoms with E-state index in [1.807, 2.05) is 6.07 Å². The molecule has 0 atom stereocenters. The van der Waals surface area contributed by atoms with Crippen LogP contribution in [0.3, 0.4) is 0 Å². The highest BCUT2D eigenvalue weighted by molar-refractivity contribution is 5.79. The maximum atomic E-state index is 13.3. The van der Waals surface area contributed by atoms with Crippen LogP contribution in [0.4, 0.5) is 13.2 Å². The first kappa shape index (κ1) is 22.2. The van der Waals surface area contributed by atoms with E-state index in [0.29, 0.717) is 24.0 Å². The maximum Gasteiger partial charge on any atom is 0.416 e. The van der Waals surface area contributed by atoms with Crippen LogP contribution in [0.1, 0.15) is 16.7 Å². The second-order valence-corrected chi connectivity index (χ2v) is 5.98. The Morgan fingerprint density at radius 3 is 1.93 bits per heavy atom. The van der Waals surface area contributed by atoms with Crippen LogP contribution in [0, 0.1) is 0 Å². The molecule has 2 N–H and O–H groups in total. The van der Waals surface area contributed by atoms with E-state index in [2.05, 4.69) is 15.6 Å². The standard InChI is InChI=1S/C20H24F3N3O3/c1-24-19(26-12-14-6-8-16(28-3)10-18(14)29-4)25-11-13-5-7-15(27-2)9-17(13)20(21,22)23/h5-10H,11-12H2,1-4H3,(H2,24,25,26). The van der Waals surface area contributed by atoms with Crippen molar-refractivity contribution in [3.05, 3.63) is 53.1 Å². The van der Waals surface area contributed by atoms with E-state index in [-0.39, 0.29) is 17.9 Å². The first-order valence-electron chi connectivity index (χ1n) is 8.72. The zero-order chi connectivity index (χ0) is 21.4. The number of hydrogen-bond acceptors (Lipinski definition) is 4. The summed E-state index contributed by atoms with van der Waals surface area (Å²) >= 11 is 0. The van der Waals surface area contributed by atoms with E-state index in [4.69, 9.17) is 14.2 Å². The topological polar surface area (TPSA) is 64.1 Å². The number of aliphatic imine (C=N–C) groups is 1. The Bertz CT molecular complexity index is 855. The summed E-state index contributed by atoms with van der Waals surface area (Å²) in [4.78, 5) is 4.06. The minimum Gasteiger partial charge on any atom is -0.497 e. The molecule has 0 radical (unpaired) electrons. The summed E-state index contributed by atoms with van der Waals surface area (Å²) in [7, 11) is 5.98. The number of hydrogen-bond donors (Lipinski definition) is 2.